The highest BCUT2D eigenvalue weighted by Gasteiger charge is 2.68. The fourth-order valence-electron chi connectivity index (χ4n) is 8.82. The summed E-state index contributed by atoms with van der Waals surface area (Å²) in [6.45, 7) is 3.34. The maximum atomic E-state index is 12.4. The van der Waals surface area contributed by atoms with Crippen LogP contribution in [0.3, 0.4) is 0 Å². The van der Waals surface area contributed by atoms with Crippen molar-refractivity contribution in [1.29, 1.82) is 0 Å². The van der Waals surface area contributed by atoms with Crippen LogP contribution in [0.25, 0.3) is 0 Å². The molecule has 4 aliphatic rings. The van der Waals surface area contributed by atoms with Crippen molar-refractivity contribution in [3.63, 3.8) is 0 Å². The molecule has 0 aliphatic heterocycles. The number of hydrogen-bond acceptors (Lipinski definition) is 10. The molecule has 12 nitrogen and oxygen atoms in total. The largest absolute Gasteiger partial charge is 0.507 e. The number of carbonyl (C=O) groups is 3. The minimum absolute atomic E-state index is 0.00912. The van der Waals surface area contributed by atoms with Gasteiger partial charge in [-0.1, -0.05) is 43.7 Å². The maximum absolute atomic E-state index is 12.4. The molecule has 8 unspecified atom stereocenters. The van der Waals surface area contributed by atoms with Crippen molar-refractivity contribution < 1.29 is 49.4 Å². The van der Waals surface area contributed by atoms with E-state index in [4.69, 9.17) is 10.00 Å². The first kappa shape index (κ1) is 36.4. The third-order valence-electron chi connectivity index (χ3n) is 11.3. The first-order chi connectivity index (χ1) is 23.1. The van der Waals surface area contributed by atoms with Gasteiger partial charge in [0.15, 0.2) is 17.7 Å². The Kier molecular flexibility index (Phi) is 10.5. The quantitative estimate of drug-likeness (QED) is 0.154. The van der Waals surface area contributed by atoms with Crippen molar-refractivity contribution in [3.8, 4) is 5.75 Å². The van der Waals surface area contributed by atoms with E-state index in [-0.39, 0.29) is 52.1 Å². The fourth-order valence-corrected chi connectivity index (χ4v) is 9.26. The second-order valence-electron chi connectivity index (χ2n) is 13.9. The molecule has 0 bridgehead atoms. The van der Waals surface area contributed by atoms with E-state index in [0.29, 0.717) is 24.9 Å². The number of carbonyl (C=O) groups excluding carboxylic acids is 2. The van der Waals surface area contributed by atoms with Gasteiger partial charge in [-0.2, -0.15) is 15.1 Å². The zero-order valence-electron chi connectivity index (χ0n) is 27.4. The molecule has 0 heterocycles. The normalized spacial score (nSPS) is 31.9. The molecule has 3 fully saturated rings. The third kappa shape index (κ3) is 6.80. The maximum Gasteiger partial charge on any atom is 0.505 e. The molecule has 0 aromatic heterocycles. The number of benzene rings is 2. The Labute approximate surface area is 284 Å². The van der Waals surface area contributed by atoms with Gasteiger partial charge in [0, 0.05) is 23.2 Å². The summed E-state index contributed by atoms with van der Waals surface area (Å²) in [6.07, 6.45) is 8.20. The number of fused-ring (bicyclic) bond motifs is 5. The number of aliphatic hydroxyl groups excluding tert-OH is 2. The van der Waals surface area contributed by atoms with E-state index in [1.807, 2.05) is 13.0 Å². The second-order valence-corrected chi connectivity index (χ2v) is 15.0. The van der Waals surface area contributed by atoms with Crippen LogP contribution in [0.15, 0.2) is 76.5 Å². The highest BCUT2D eigenvalue weighted by molar-refractivity contribution is 7.37. The number of rotatable bonds is 8. The number of aromatic hydroxyl groups is 1. The molecular weight excluding hydrogens is 651 g/mol. The second kappa shape index (κ2) is 14.1. The van der Waals surface area contributed by atoms with Gasteiger partial charge in [-0.15, -0.1) is 0 Å². The van der Waals surface area contributed by atoms with Crippen molar-refractivity contribution >= 4 is 36.9 Å². The molecule has 8 atom stereocenters. The van der Waals surface area contributed by atoms with Gasteiger partial charge in [-0.3, -0.25) is 9.59 Å². The summed E-state index contributed by atoms with van der Waals surface area (Å²) in [5.41, 5.74) is -0.212. The summed E-state index contributed by atoms with van der Waals surface area (Å²) in [7, 11) is -2.22. The van der Waals surface area contributed by atoms with Crippen LogP contribution in [0.2, 0.25) is 0 Å². The molecule has 13 heteroatoms. The van der Waals surface area contributed by atoms with E-state index >= 15 is 0 Å². The Morgan fingerprint density at radius 3 is 2.51 bits per heavy atom. The van der Waals surface area contributed by atoms with Crippen LogP contribution in [-0.4, -0.2) is 72.4 Å². The van der Waals surface area contributed by atoms with Gasteiger partial charge in [0.2, 0.25) is 0 Å². The lowest BCUT2D eigenvalue weighted by Gasteiger charge is -2.59. The van der Waals surface area contributed by atoms with Gasteiger partial charge in [-0.25, -0.2) is 4.79 Å². The lowest BCUT2D eigenvalue weighted by Crippen LogP contribution is -2.61. The van der Waals surface area contributed by atoms with E-state index in [2.05, 4.69) is 17.2 Å². The van der Waals surface area contributed by atoms with Crippen molar-refractivity contribution in [3.05, 3.63) is 77.4 Å². The first-order valence-electron chi connectivity index (χ1n) is 16.3. The van der Waals surface area contributed by atoms with Gasteiger partial charge in [0.1, 0.15) is 23.5 Å². The summed E-state index contributed by atoms with van der Waals surface area (Å²) in [4.78, 5) is 44.0. The molecule has 0 radical (unpaired) electrons. The van der Waals surface area contributed by atoms with Crippen LogP contribution >= 0.6 is 8.03 Å². The molecular formula is C36H42N2O10P+. The Morgan fingerprint density at radius 1 is 1.08 bits per heavy atom. The molecule has 3 saturated carbocycles. The molecule has 4 aliphatic carbocycles. The zero-order chi connectivity index (χ0) is 35.7. The highest BCUT2D eigenvalue weighted by atomic mass is 31.1. The Balaban J connectivity index is 0.000000193. The number of phenols is 1. The van der Waals surface area contributed by atoms with Crippen LogP contribution in [0.5, 0.6) is 5.75 Å². The number of aliphatic hydroxyl groups is 3. The number of ketones is 2. The average molecular weight is 694 g/mol. The number of carboxylic acid groups (broad SMARTS) is 1. The van der Waals surface area contributed by atoms with E-state index in [1.54, 1.807) is 36.4 Å². The van der Waals surface area contributed by atoms with Gasteiger partial charge in [0.05, 0.1) is 17.5 Å². The summed E-state index contributed by atoms with van der Waals surface area (Å²) < 4.78 is 10.8. The third-order valence-corrected chi connectivity index (χ3v) is 11.9. The van der Waals surface area contributed by atoms with Crippen molar-refractivity contribution in [2.45, 2.75) is 64.1 Å². The van der Waals surface area contributed by atoms with Gasteiger partial charge < -0.3 is 25.5 Å². The van der Waals surface area contributed by atoms with Gasteiger partial charge >= 0.3 is 14.0 Å². The SMILES string of the molecule is CC12C=CC(=O)C=C1CCC1C2C(O)CC2(C)C1CCC2(O)C(=O)CO.O=C(O)c1cc(N=Nc2ccccc2CC[P+](=O)O)ccc1O. The minimum Gasteiger partial charge on any atom is -0.507 e. The number of allylic oxidation sites excluding steroid dienone is 4. The molecule has 2 aromatic rings. The van der Waals surface area contributed by atoms with Gasteiger partial charge in [0.25, 0.3) is 0 Å². The summed E-state index contributed by atoms with van der Waals surface area (Å²) in [6, 6.07) is 10.9. The van der Waals surface area contributed by atoms with E-state index < -0.39 is 43.5 Å². The van der Waals surface area contributed by atoms with Crippen LogP contribution in [-0.2, 0) is 20.6 Å². The summed E-state index contributed by atoms with van der Waals surface area (Å²) >= 11 is 0. The number of aromatic carboxylic acids is 1. The number of Topliss-reactive ketones (excluding diaryl/α,β-unsaturated/α-hetero) is 1. The Bertz CT molecular complexity index is 1760. The standard InChI is InChI=1S/C21H28O5.C15H13N2O5P/c1-19-7-5-13(23)9-12(19)3-4-14-15-6-8-21(26,17(25)11-22)20(15,2)10-16(24)18(14)19;18-14-6-5-11(9-12(14)15(19)20)16-17-13-4-2-1-3-10(13)7-8-23(21)22/h5,7,9,14-16,18,22,24,26H,3-4,6,8,10-11H2,1-2H3;1-6,9H,7-8H2,(H2-,17,18,19,20,21,22)/p+1. The first-order valence-corrected chi connectivity index (χ1v) is 17.7. The van der Waals surface area contributed by atoms with Gasteiger partial charge in [-0.05, 0) is 90.5 Å². The molecule has 49 heavy (non-hydrogen) atoms. The number of carboxylic acids is 1. The molecule has 6 rings (SSSR count). The Morgan fingerprint density at radius 2 is 1.82 bits per heavy atom. The van der Waals surface area contributed by atoms with Crippen LogP contribution in [0.1, 0.15) is 61.9 Å². The van der Waals surface area contributed by atoms with E-state index in [1.165, 1.54) is 18.2 Å². The van der Waals surface area contributed by atoms with E-state index in [9.17, 15) is 39.4 Å². The monoisotopic (exact) mass is 693 g/mol. The zero-order valence-corrected chi connectivity index (χ0v) is 28.3. The van der Waals surface area contributed by atoms with Crippen molar-refractivity contribution in [1.82, 2.24) is 0 Å². The molecule has 260 valence electrons. The summed E-state index contributed by atoms with van der Waals surface area (Å²) in [5, 5.41) is 58.1. The minimum atomic E-state index is -2.22. The number of nitrogens with zero attached hydrogens (tertiary/aromatic N) is 2. The lowest BCUT2D eigenvalue weighted by molar-refractivity contribution is -0.178. The molecule has 0 spiro atoms. The van der Waals surface area contributed by atoms with Crippen molar-refractivity contribution in [2.75, 3.05) is 12.8 Å². The molecule has 2 aromatic carbocycles. The highest BCUT2D eigenvalue weighted by Crippen LogP contribution is 2.67. The number of azo groups is 1. The molecule has 0 amide bonds. The molecule has 0 saturated heterocycles. The van der Waals surface area contributed by atoms with E-state index in [0.717, 1.165) is 30.4 Å². The smallest absolute Gasteiger partial charge is 0.505 e. The predicted octanol–water partition coefficient (Wildman–Crippen LogP) is 5.34. The summed E-state index contributed by atoms with van der Waals surface area (Å²) in [5.74, 6) is -1.83. The average Bonchev–Trinajstić information content (AvgIpc) is 3.34. The number of aryl methyl sites for hydroxylation is 1. The lowest BCUT2D eigenvalue weighted by atomic mass is 9.46. The predicted molar refractivity (Wildman–Crippen MR) is 179 cm³/mol. The van der Waals surface area contributed by atoms with Crippen molar-refractivity contribution in [2.24, 2.45) is 38.8 Å². The van der Waals surface area contributed by atoms with Crippen LogP contribution in [0, 0.1) is 28.6 Å². The van der Waals surface area contributed by atoms with Crippen LogP contribution in [0.4, 0.5) is 11.4 Å². The van der Waals surface area contributed by atoms with Crippen LogP contribution < -0.4 is 0 Å². The topological polar surface area (TPSA) is 214 Å². The molecule has 6 N–H and O–H groups in total. The number of hydrogen-bond donors (Lipinski definition) is 6. The Hall–Kier alpha value is -3.93. The fraction of sp³-hybridized carbons (Fsp3) is 0.472.